The van der Waals surface area contributed by atoms with Crippen molar-refractivity contribution in [3.8, 4) is 5.75 Å². The Balaban J connectivity index is 1.90. The highest BCUT2D eigenvalue weighted by Gasteiger charge is 2.16. The van der Waals surface area contributed by atoms with Gasteiger partial charge in [0.05, 0.1) is 0 Å². The minimum atomic E-state index is -1.42. The number of nitrogens with one attached hydrogen (secondary N) is 1. The minimum absolute atomic E-state index is 0.155. The first-order valence-electron chi connectivity index (χ1n) is 7.73. The van der Waals surface area contributed by atoms with Gasteiger partial charge in [0.25, 0.3) is 0 Å². The lowest BCUT2D eigenvalue weighted by atomic mass is 10.1. The quantitative estimate of drug-likeness (QED) is 0.651. The van der Waals surface area contributed by atoms with Crippen LogP contribution in [0.3, 0.4) is 0 Å². The van der Waals surface area contributed by atoms with Crippen LogP contribution in [0, 0.1) is 0 Å². The second-order valence-electron chi connectivity index (χ2n) is 5.37. The van der Waals surface area contributed by atoms with Crippen molar-refractivity contribution in [1.82, 2.24) is 0 Å². The minimum Gasteiger partial charge on any atom is -0.491 e. The molecule has 3 N–H and O–H groups in total. The number of rotatable bonds is 8. The molecule has 0 amide bonds. The summed E-state index contributed by atoms with van der Waals surface area (Å²) in [6.45, 7) is -1.15. The fraction of sp³-hybridized carbons (Fsp3) is 0.263. The average molecular weight is 331 g/mol. The fourth-order valence-corrected chi connectivity index (χ4v) is 2.02. The van der Waals surface area contributed by atoms with E-state index in [4.69, 9.17) is 9.84 Å². The molecule has 0 spiro atoms. The lowest BCUT2D eigenvalue weighted by molar-refractivity contribution is -0.0186. The Hall–Kier alpha value is -2.37. The van der Waals surface area contributed by atoms with Gasteiger partial charge in [0.2, 0.25) is 0 Å². The van der Waals surface area contributed by atoms with Gasteiger partial charge in [-0.05, 0) is 35.4 Å². The molecule has 4 nitrogen and oxygen atoms in total. The van der Waals surface area contributed by atoms with Crippen molar-refractivity contribution in [1.29, 1.82) is 0 Å². The fourth-order valence-electron chi connectivity index (χ4n) is 2.02. The predicted octanol–water partition coefficient (Wildman–Crippen LogP) is 2.97. The number of aliphatic hydroxyl groups is 2. The van der Waals surface area contributed by atoms with Crippen molar-refractivity contribution in [3.05, 3.63) is 59.7 Å². The molecule has 0 aliphatic carbocycles. The topological polar surface area (TPSA) is 61.7 Å². The lowest BCUT2D eigenvalue weighted by Gasteiger charge is -2.15. The first-order valence-corrected chi connectivity index (χ1v) is 7.73. The highest BCUT2D eigenvalue weighted by molar-refractivity contribution is 5.70. The number of aliphatic hydroxyl groups excluding tert-OH is 2. The summed E-state index contributed by atoms with van der Waals surface area (Å²) in [6, 6.07) is 15.4. The van der Waals surface area contributed by atoms with E-state index in [9.17, 15) is 9.50 Å². The van der Waals surface area contributed by atoms with Crippen LogP contribution in [0.1, 0.15) is 11.1 Å². The summed E-state index contributed by atoms with van der Waals surface area (Å²) in [5.74, 6) is 0.552. The number of hydrogen-bond acceptors (Lipinski definition) is 4. The Kier molecular flexibility index (Phi) is 6.78. The Morgan fingerprint density at radius 3 is 2.00 bits per heavy atom. The molecule has 2 unspecified atom stereocenters. The molecule has 0 aromatic heterocycles. The summed E-state index contributed by atoms with van der Waals surface area (Å²) >= 11 is 0. The van der Waals surface area contributed by atoms with Gasteiger partial charge in [-0.25, -0.2) is 4.39 Å². The molecule has 0 saturated carbocycles. The standard InChI is InChI=1S/C19H22FNO3/c1-21-16-8-4-14(5-9-16)2-3-15-6-10-17(11-7-15)24-13-19(23)18(22)12-20/h2-11,18-19,21-23H,12-13H2,1H3/b3-2+. The summed E-state index contributed by atoms with van der Waals surface area (Å²) < 4.78 is 17.5. The van der Waals surface area contributed by atoms with Gasteiger partial charge in [0.1, 0.15) is 31.2 Å². The second-order valence-corrected chi connectivity index (χ2v) is 5.37. The molecule has 0 saturated heterocycles. The average Bonchev–Trinajstić information content (AvgIpc) is 2.65. The highest BCUT2D eigenvalue weighted by atomic mass is 19.1. The molecule has 0 aliphatic heterocycles. The van der Waals surface area contributed by atoms with Gasteiger partial charge in [-0.3, -0.25) is 0 Å². The van der Waals surface area contributed by atoms with Crippen molar-refractivity contribution in [2.24, 2.45) is 0 Å². The van der Waals surface area contributed by atoms with Crippen LogP contribution in [0.2, 0.25) is 0 Å². The zero-order valence-corrected chi connectivity index (χ0v) is 13.5. The predicted molar refractivity (Wildman–Crippen MR) is 94.8 cm³/mol. The Morgan fingerprint density at radius 1 is 0.958 bits per heavy atom. The van der Waals surface area contributed by atoms with Crippen LogP contribution >= 0.6 is 0 Å². The number of anilines is 1. The van der Waals surface area contributed by atoms with E-state index in [1.807, 2.05) is 55.6 Å². The van der Waals surface area contributed by atoms with Crippen molar-refractivity contribution >= 4 is 17.8 Å². The Morgan fingerprint density at radius 2 is 1.50 bits per heavy atom. The second kappa shape index (κ2) is 9.05. The maximum atomic E-state index is 12.2. The maximum Gasteiger partial charge on any atom is 0.119 e. The number of ether oxygens (including phenoxy) is 1. The zero-order chi connectivity index (χ0) is 17.4. The molecule has 2 atom stereocenters. The molecule has 2 rings (SSSR count). The molecule has 2 aromatic carbocycles. The van der Waals surface area contributed by atoms with Crippen molar-refractivity contribution < 1.29 is 19.3 Å². The molecule has 0 bridgehead atoms. The van der Waals surface area contributed by atoms with E-state index in [0.29, 0.717) is 5.75 Å². The van der Waals surface area contributed by atoms with Crippen LogP contribution in [-0.4, -0.2) is 42.8 Å². The van der Waals surface area contributed by atoms with E-state index in [2.05, 4.69) is 5.32 Å². The number of benzene rings is 2. The maximum absolute atomic E-state index is 12.2. The summed E-state index contributed by atoms with van der Waals surface area (Å²) in [7, 11) is 1.88. The summed E-state index contributed by atoms with van der Waals surface area (Å²) in [5.41, 5.74) is 3.16. The van der Waals surface area contributed by atoms with Crippen LogP contribution in [0.25, 0.3) is 12.2 Å². The third-order valence-electron chi connectivity index (χ3n) is 3.57. The van der Waals surface area contributed by atoms with Gasteiger partial charge >= 0.3 is 0 Å². The van der Waals surface area contributed by atoms with Crippen LogP contribution in [0.4, 0.5) is 10.1 Å². The van der Waals surface area contributed by atoms with E-state index in [-0.39, 0.29) is 6.61 Å². The van der Waals surface area contributed by atoms with E-state index in [1.165, 1.54) is 0 Å². The van der Waals surface area contributed by atoms with Crippen molar-refractivity contribution in [2.75, 3.05) is 25.6 Å². The molecular weight excluding hydrogens is 309 g/mol. The lowest BCUT2D eigenvalue weighted by Crippen LogP contribution is -2.33. The molecule has 0 fully saturated rings. The molecule has 128 valence electrons. The van der Waals surface area contributed by atoms with E-state index in [1.54, 1.807) is 12.1 Å². The van der Waals surface area contributed by atoms with Crippen LogP contribution in [0.15, 0.2) is 48.5 Å². The molecule has 0 radical (unpaired) electrons. The summed E-state index contributed by atoms with van der Waals surface area (Å²) in [6.07, 6.45) is 1.34. The first-order chi connectivity index (χ1) is 11.6. The Bertz CT molecular complexity index is 641. The van der Waals surface area contributed by atoms with Gasteiger partial charge < -0.3 is 20.3 Å². The molecule has 0 aliphatic rings. The molecule has 0 heterocycles. The van der Waals surface area contributed by atoms with Crippen LogP contribution < -0.4 is 10.1 Å². The molecule has 5 heteroatoms. The monoisotopic (exact) mass is 331 g/mol. The number of hydrogen-bond donors (Lipinski definition) is 3. The normalized spacial score (nSPS) is 13.7. The van der Waals surface area contributed by atoms with E-state index < -0.39 is 18.9 Å². The molecule has 2 aromatic rings. The van der Waals surface area contributed by atoms with E-state index >= 15 is 0 Å². The van der Waals surface area contributed by atoms with Gasteiger partial charge in [-0.15, -0.1) is 0 Å². The van der Waals surface area contributed by atoms with E-state index in [0.717, 1.165) is 16.8 Å². The van der Waals surface area contributed by atoms with Crippen LogP contribution in [0.5, 0.6) is 5.75 Å². The largest absolute Gasteiger partial charge is 0.491 e. The zero-order valence-electron chi connectivity index (χ0n) is 13.5. The van der Waals surface area contributed by atoms with Gasteiger partial charge in [-0.1, -0.05) is 36.4 Å². The summed E-state index contributed by atoms with van der Waals surface area (Å²) in [4.78, 5) is 0. The summed E-state index contributed by atoms with van der Waals surface area (Å²) in [5, 5.41) is 21.7. The van der Waals surface area contributed by atoms with Gasteiger partial charge in [-0.2, -0.15) is 0 Å². The SMILES string of the molecule is CNc1ccc(/C=C/c2ccc(OCC(O)C(O)CF)cc2)cc1. The number of alkyl halides is 1. The van der Waals surface area contributed by atoms with Crippen molar-refractivity contribution in [2.45, 2.75) is 12.2 Å². The highest BCUT2D eigenvalue weighted by Crippen LogP contribution is 2.16. The number of halogens is 1. The van der Waals surface area contributed by atoms with Crippen molar-refractivity contribution in [3.63, 3.8) is 0 Å². The molecule has 24 heavy (non-hydrogen) atoms. The van der Waals surface area contributed by atoms with Crippen LogP contribution in [-0.2, 0) is 0 Å². The Labute approximate surface area is 141 Å². The first kappa shape index (κ1) is 18.0. The smallest absolute Gasteiger partial charge is 0.119 e. The third kappa shape index (κ3) is 5.37. The molecular formula is C19H22FNO3. The van der Waals surface area contributed by atoms with Gasteiger partial charge in [0.15, 0.2) is 0 Å². The van der Waals surface area contributed by atoms with Gasteiger partial charge in [0, 0.05) is 12.7 Å². The third-order valence-corrected chi connectivity index (χ3v) is 3.57.